The lowest BCUT2D eigenvalue weighted by molar-refractivity contribution is -0.115. The van der Waals surface area contributed by atoms with Crippen molar-refractivity contribution in [3.63, 3.8) is 0 Å². The fraction of sp³-hybridized carbons (Fsp3) is 0.444. The van der Waals surface area contributed by atoms with Gasteiger partial charge >= 0.3 is 0 Å². The fourth-order valence-electron chi connectivity index (χ4n) is 2.55. The Hall–Kier alpha value is -1.81. The number of nitrogens with zero attached hydrogens (tertiary/aromatic N) is 2. The van der Waals surface area contributed by atoms with E-state index in [2.05, 4.69) is 24.3 Å². The first-order valence-corrected chi connectivity index (χ1v) is 8.24. The third-order valence-corrected chi connectivity index (χ3v) is 4.27. The SMILES string of the molecule is Cc1ccc(NC(=O)Cc2c(C)nn(CC(C)C)c2C)cc1Cl. The quantitative estimate of drug-likeness (QED) is 0.886. The van der Waals surface area contributed by atoms with Crippen LogP contribution in [0.1, 0.15) is 36.4 Å². The largest absolute Gasteiger partial charge is 0.326 e. The van der Waals surface area contributed by atoms with Crippen molar-refractivity contribution < 1.29 is 4.79 Å². The summed E-state index contributed by atoms with van der Waals surface area (Å²) in [5.41, 5.74) is 4.69. The van der Waals surface area contributed by atoms with Crippen molar-refractivity contribution in [3.05, 3.63) is 45.7 Å². The molecule has 1 aromatic carbocycles. The molecule has 2 rings (SSSR count). The highest BCUT2D eigenvalue weighted by Crippen LogP contribution is 2.21. The third kappa shape index (κ3) is 4.35. The van der Waals surface area contributed by atoms with Gasteiger partial charge in [-0.15, -0.1) is 0 Å². The lowest BCUT2D eigenvalue weighted by Crippen LogP contribution is -2.15. The van der Waals surface area contributed by atoms with Gasteiger partial charge in [0.25, 0.3) is 0 Å². The Bertz CT molecular complexity index is 719. The van der Waals surface area contributed by atoms with Crippen molar-refractivity contribution in [1.82, 2.24) is 9.78 Å². The van der Waals surface area contributed by atoms with Gasteiger partial charge in [-0.05, 0) is 44.4 Å². The predicted molar refractivity (Wildman–Crippen MR) is 95.1 cm³/mol. The second-order valence-corrected chi connectivity index (χ2v) is 6.82. The van der Waals surface area contributed by atoms with E-state index in [1.165, 1.54) is 0 Å². The van der Waals surface area contributed by atoms with Crippen LogP contribution in [0.5, 0.6) is 0 Å². The van der Waals surface area contributed by atoms with Gasteiger partial charge in [-0.1, -0.05) is 31.5 Å². The summed E-state index contributed by atoms with van der Waals surface area (Å²) < 4.78 is 1.99. The molecule has 0 fully saturated rings. The summed E-state index contributed by atoms with van der Waals surface area (Å²) in [5.74, 6) is 0.463. The number of aromatic nitrogens is 2. The molecule has 0 spiro atoms. The number of amides is 1. The maximum Gasteiger partial charge on any atom is 0.228 e. The Morgan fingerprint density at radius 1 is 1.30 bits per heavy atom. The highest BCUT2D eigenvalue weighted by atomic mass is 35.5. The van der Waals surface area contributed by atoms with E-state index in [0.29, 0.717) is 17.4 Å². The molecule has 1 aromatic heterocycles. The van der Waals surface area contributed by atoms with E-state index in [1.54, 1.807) is 6.07 Å². The average molecular weight is 334 g/mol. The van der Waals surface area contributed by atoms with Gasteiger partial charge < -0.3 is 5.32 Å². The predicted octanol–water partition coefficient (Wildman–Crippen LogP) is 4.30. The third-order valence-electron chi connectivity index (χ3n) is 3.86. The summed E-state index contributed by atoms with van der Waals surface area (Å²) in [7, 11) is 0. The first-order chi connectivity index (χ1) is 10.8. The molecule has 0 bridgehead atoms. The van der Waals surface area contributed by atoms with E-state index in [0.717, 1.165) is 34.7 Å². The minimum Gasteiger partial charge on any atom is -0.326 e. The van der Waals surface area contributed by atoms with Crippen LogP contribution in [0.15, 0.2) is 18.2 Å². The highest BCUT2D eigenvalue weighted by Gasteiger charge is 2.15. The van der Waals surface area contributed by atoms with Crippen LogP contribution in [-0.2, 0) is 17.8 Å². The van der Waals surface area contributed by atoms with Crippen molar-refractivity contribution >= 4 is 23.2 Å². The van der Waals surface area contributed by atoms with Crippen LogP contribution in [0.25, 0.3) is 0 Å². The fourth-order valence-corrected chi connectivity index (χ4v) is 2.73. The van der Waals surface area contributed by atoms with Gasteiger partial charge in [0.2, 0.25) is 5.91 Å². The number of hydrogen-bond acceptors (Lipinski definition) is 2. The Labute approximate surface area is 142 Å². The maximum absolute atomic E-state index is 12.3. The molecule has 0 aliphatic rings. The second-order valence-electron chi connectivity index (χ2n) is 6.41. The van der Waals surface area contributed by atoms with Crippen LogP contribution < -0.4 is 5.32 Å². The first-order valence-electron chi connectivity index (χ1n) is 7.86. The zero-order chi connectivity index (χ0) is 17.1. The summed E-state index contributed by atoms with van der Waals surface area (Å²) in [5, 5.41) is 8.11. The van der Waals surface area contributed by atoms with Crippen LogP contribution in [0.4, 0.5) is 5.69 Å². The molecule has 1 heterocycles. The molecule has 23 heavy (non-hydrogen) atoms. The number of nitrogens with one attached hydrogen (secondary N) is 1. The van der Waals surface area contributed by atoms with E-state index < -0.39 is 0 Å². The number of carbonyl (C=O) groups is 1. The van der Waals surface area contributed by atoms with E-state index in [1.807, 2.05) is 37.6 Å². The van der Waals surface area contributed by atoms with Crippen LogP contribution in [0.3, 0.4) is 0 Å². The average Bonchev–Trinajstić information content (AvgIpc) is 2.70. The summed E-state index contributed by atoms with van der Waals surface area (Å²) in [6.45, 7) is 11.1. The Morgan fingerprint density at radius 3 is 2.61 bits per heavy atom. The van der Waals surface area contributed by atoms with Crippen LogP contribution >= 0.6 is 11.6 Å². The standard InChI is InChI=1S/C18H24ClN3O/c1-11(2)10-22-14(5)16(13(4)21-22)9-18(23)20-15-7-6-12(3)17(19)8-15/h6-8,11H,9-10H2,1-5H3,(H,20,23). The molecule has 5 heteroatoms. The normalized spacial score (nSPS) is 11.1. The lowest BCUT2D eigenvalue weighted by Gasteiger charge is -2.09. The molecule has 0 saturated heterocycles. The molecule has 0 unspecified atom stereocenters. The van der Waals surface area contributed by atoms with E-state index >= 15 is 0 Å². The van der Waals surface area contributed by atoms with Crippen molar-refractivity contribution in [2.45, 2.75) is 47.6 Å². The molecule has 0 saturated carbocycles. The van der Waals surface area contributed by atoms with Crippen LogP contribution in [0, 0.1) is 26.7 Å². The Kier molecular flexibility index (Phi) is 5.47. The molecule has 0 atom stereocenters. The van der Waals surface area contributed by atoms with Crippen molar-refractivity contribution in [3.8, 4) is 0 Å². The van der Waals surface area contributed by atoms with Gasteiger partial charge in [0, 0.05) is 28.5 Å². The zero-order valence-corrected chi connectivity index (χ0v) is 15.2. The number of aryl methyl sites for hydroxylation is 2. The smallest absolute Gasteiger partial charge is 0.228 e. The van der Waals surface area contributed by atoms with Gasteiger partial charge in [0.1, 0.15) is 0 Å². The lowest BCUT2D eigenvalue weighted by atomic mass is 10.1. The van der Waals surface area contributed by atoms with Crippen LogP contribution in [0.2, 0.25) is 5.02 Å². The summed E-state index contributed by atoms with van der Waals surface area (Å²) in [6, 6.07) is 5.53. The minimum absolute atomic E-state index is 0.0554. The van der Waals surface area contributed by atoms with Crippen molar-refractivity contribution in [1.29, 1.82) is 0 Å². The number of anilines is 1. The topological polar surface area (TPSA) is 46.9 Å². The van der Waals surface area contributed by atoms with E-state index in [4.69, 9.17) is 11.6 Å². The monoisotopic (exact) mass is 333 g/mol. The number of hydrogen-bond donors (Lipinski definition) is 1. The van der Waals surface area contributed by atoms with E-state index in [9.17, 15) is 4.79 Å². The van der Waals surface area contributed by atoms with Gasteiger partial charge in [0.15, 0.2) is 0 Å². The molecule has 1 N–H and O–H groups in total. The zero-order valence-electron chi connectivity index (χ0n) is 14.4. The number of carbonyl (C=O) groups excluding carboxylic acids is 1. The molecule has 1 amide bonds. The van der Waals surface area contributed by atoms with Gasteiger partial charge in [-0.25, -0.2) is 0 Å². The second kappa shape index (κ2) is 7.18. The molecular weight excluding hydrogens is 310 g/mol. The molecule has 0 aliphatic carbocycles. The first kappa shape index (κ1) is 17.5. The van der Waals surface area contributed by atoms with E-state index in [-0.39, 0.29) is 5.91 Å². The Balaban J connectivity index is 2.11. The Morgan fingerprint density at radius 2 is 2.00 bits per heavy atom. The molecule has 0 aliphatic heterocycles. The van der Waals surface area contributed by atoms with Gasteiger partial charge in [0.05, 0.1) is 12.1 Å². The molecule has 124 valence electrons. The van der Waals surface area contributed by atoms with Crippen molar-refractivity contribution in [2.75, 3.05) is 5.32 Å². The number of benzene rings is 1. The molecular formula is C18H24ClN3O. The molecule has 2 aromatic rings. The van der Waals surface area contributed by atoms with Gasteiger partial charge in [-0.2, -0.15) is 5.10 Å². The molecule has 0 radical (unpaired) electrons. The summed E-state index contributed by atoms with van der Waals surface area (Å²) in [6.07, 6.45) is 0.321. The molecule has 4 nitrogen and oxygen atoms in total. The van der Waals surface area contributed by atoms with Gasteiger partial charge in [-0.3, -0.25) is 9.48 Å². The number of rotatable bonds is 5. The number of halogens is 1. The highest BCUT2D eigenvalue weighted by molar-refractivity contribution is 6.31. The van der Waals surface area contributed by atoms with Crippen molar-refractivity contribution in [2.24, 2.45) is 5.92 Å². The van der Waals surface area contributed by atoms with Crippen LogP contribution in [-0.4, -0.2) is 15.7 Å². The summed E-state index contributed by atoms with van der Waals surface area (Å²) in [4.78, 5) is 12.3. The summed E-state index contributed by atoms with van der Waals surface area (Å²) >= 11 is 6.10. The minimum atomic E-state index is -0.0554. The maximum atomic E-state index is 12.3.